The summed E-state index contributed by atoms with van der Waals surface area (Å²) in [5.74, 6) is 0. The molecule has 16 heavy (non-hydrogen) atoms. The first-order chi connectivity index (χ1) is 7.63. The number of hydrogen-bond donors (Lipinski definition) is 1. The van der Waals surface area contributed by atoms with Gasteiger partial charge in [0.1, 0.15) is 0 Å². The molecule has 1 atom stereocenters. The van der Waals surface area contributed by atoms with Crippen LogP contribution in [0.1, 0.15) is 45.4 Å². The number of nitrogens with zero attached hydrogens (tertiary/aromatic N) is 2. The molecule has 0 radical (unpaired) electrons. The SMILES string of the molecule is CCCCCC(O)CCC1=NC(=O)N(C)C1. The molecule has 1 aliphatic rings. The Balaban J connectivity index is 2.15. The molecule has 0 fully saturated rings. The van der Waals surface area contributed by atoms with E-state index in [2.05, 4.69) is 11.9 Å². The van der Waals surface area contributed by atoms with Crippen molar-refractivity contribution < 1.29 is 9.90 Å². The first kappa shape index (κ1) is 13.2. The number of hydrogen-bond acceptors (Lipinski definition) is 2. The fourth-order valence-electron chi connectivity index (χ4n) is 1.84. The van der Waals surface area contributed by atoms with Crippen LogP contribution in [0.15, 0.2) is 4.99 Å². The normalized spacial score (nSPS) is 17.8. The van der Waals surface area contributed by atoms with E-state index >= 15 is 0 Å². The number of aliphatic hydroxyl groups excluding tert-OH is 1. The van der Waals surface area contributed by atoms with Crippen molar-refractivity contribution in [1.82, 2.24) is 4.90 Å². The second-order valence-electron chi connectivity index (χ2n) is 4.50. The zero-order chi connectivity index (χ0) is 12.0. The minimum Gasteiger partial charge on any atom is -0.393 e. The number of aliphatic imine (C=N–C) groups is 1. The maximum atomic E-state index is 11.1. The molecule has 2 amide bonds. The lowest BCUT2D eigenvalue weighted by Crippen LogP contribution is -2.21. The summed E-state index contributed by atoms with van der Waals surface area (Å²) in [6.07, 6.45) is 5.54. The third-order valence-corrected chi connectivity index (χ3v) is 2.91. The minimum atomic E-state index is -0.241. The van der Waals surface area contributed by atoms with Crippen LogP contribution >= 0.6 is 0 Å². The van der Waals surface area contributed by atoms with Crippen molar-refractivity contribution in [2.75, 3.05) is 13.6 Å². The molecule has 0 saturated carbocycles. The van der Waals surface area contributed by atoms with Gasteiger partial charge < -0.3 is 10.0 Å². The summed E-state index contributed by atoms with van der Waals surface area (Å²) in [5, 5.41) is 9.71. The zero-order valence-electron chi connectivity index (χ0n) is 10.3. The van der Waals surface area contributed by atoms with E-state index in [0.29, 0.717) is 6.54 Å². The van der Waals surface area contributed by atoms with E-state index in [1.807, 2.05) is 0 Å². The Kier molecular flexibility index (Phi) is 5.46. The number of aliphatic hydroxyl groups is 1. The van der Waals surface area contributed by atoms with Gasteiger partial charge in [0.15, 0.2) is 0 Å². The number of urea groups is 1. The largest absolute Gasteiger partial charge is 0.393 e. The molecule has 0 aromatic rings. The summed E-state index contributed by atoms with van der Waals surface area (Å²) in [5.41, 5.74) is 0.905. The number of rotatable bonds is 7. The van der Waals surface area contributed by atoms with E-state index in [-0.39, 0.29) is 12.1 Å². The number of unbranched alkanes of at least 4 members (excludes halogenated alkanes) is 2. The minimum absolute atomic E-state index is 0.157. The molecule has 1 N–H and O–H groups in total. The van der Waals surface area contributed by atoms with Crippen molar-refractivity contribution in [3.63, 3.8) is 0 Å². The fraction of sp³-hybridized carbons (Fsp3) is 0.833. The summed E-state index contributed by atoms with van der Waals surface area (Å²) in [4.78, 5) is 16.6. The predicted molar refractivity (Wildman–Crippen MR) is 64.8 cm³/mol. The molecule has 0 aromatic carbocycles. The Bertz CT molecular complexity index is 264. The molecule has 1 aliphatic heterocycles. The highest BCUT2D eigenvalue weighted by Gasteiger charge is 2.19. The molecular weight excluding hydrogens is 204 g/mol. The molecule has 1 heterocycles. The maximum absolute atomic E-state index is 11.1. The van der Waals surface area contributed by atoms with Gasteiger partial charge in [0.25, 0.3) is 0 Å². The van der Waals surface area contributed by atoms with Crippen LogP contribution in [0, 0.1) is 0 Å². The topological polar surface area (TPSA) is 52.9 Å². The van der Waals surface area contributed by atoms with E-state index in [0.717, 1.165) is 31.4 Å². The first-order valence-electron chi connectivity index (χ1n) is 6.13. The molecular formula is C12H22N2O2. The summed E-state index contributed by atoms with van der Waals surface area (Å²) >= 11 is 0. The number of carbonyl (C=O) groups excluding carboxylic acids is 1. The molecule has 0 spiro atoms. The second-order valence-corrected chi connectivity index (χ2v) is 4.50. The van der Waals surface area contributed by atoms with E-state index in [1.54, 1.807) is 11.9 Å². The molecule has 1 unspecified atom stereocenters. The highest BCUT2D eigenvalue weighted by atomic mass is 16.3. The molecule has 4 nitrogen and oxygen atoms in total. The molecule has 92 valence electrons. The molecule has 0 aromatic heterocycles. The Morgan fingerprint density at radius 2 is 2.19 bits per heavy atom. The Hall–Kier alpha value is -0.900. The molecule has 0 bridgehead atoms. The van der Waals surface area contributed by atoms with Crippen LogP contribution in [0.4, 0.5) is 4.79 Å². The van der Waals surface area contributed by atoms with Gasteiger partial charge in [0.05, 0.1) is 12.6 Å². The molecule has 1 rings (SSSR count). The van der Waals surface area contributed by atoms with Gasteiger partial charge in [-0.2, -0.15) is 0 Å². The third-order valence-electron chi connectivity index (χ3n) is 2.91. The van der Waals surface area contributed by atoms with E-state index in [9.17, 15) is 9.90 Å². The van der Waals surface area contributed by atoms with Gasteiger partial charge in [0.2, 0.25) is 0 Å². The molecule has 4 heteroatoms. The summed E-state index contributed by atoms with van der Waals surface area (Å²) in [6.45, 7) is 2.78. The van der Waals surface area contributed by atoms with E-state index in [1.165, 1.54) is 12.8 Å². The lowest BCUT2D eigenvalue weighted by Gasteiger charge is -2.10. The number of amides is 2. The number of carbonyl (C=O) groups is 1. The second kappa shape index (κ2) is 6.63. The lowest BCUT2D eigenvalue weighted by molar-refractivity contribution is 0.153. The van der Waals surface area contributed by atoms with Gasteiger partial charge in [-0.1, -0.05) is 26.2 Å². The van der Waals surface area contributed by atoms with Gasteiger partial charge in [-0.05, 0) is 19.3 Å². The third kappa shape index (κ3) is 4.31. The van der Waals surface area contributed by atoms with Gasteiger partial charge in [-0.3, -0.25) is 0 Å². The highest BCUT2D eigenvalue weighted by molar-refractivity contribution is 6.02. The van der Waals surface area contributed by atoms with E-state index < -0.39 is 0 Å². The van der Waals surface area contributed by atoms with Gasteiger partial charge >= 0.3 is 6.03 Å². The predicted octanol–water partition coefficient (Wildman–Crippen LogP) is 2.21. The Morgan fingerprint density at radius 1 is 1.44 bits per heavy atom. The average molecular weight is 226 g/mol. The maximum Gasteiger partial charge on any atom is 0.343 e. The van der Waals surface area contributed by atoms with Gasteiger partial charge in [-0.15, -0.1) is 0 Å². The van der Waals surface area contributed by atoms with Crippen molar-refractivity contribution in [2.24, 2.45) is 4.99 Å². The van der Waals surface area contributed by atoms with Crippen molar-refractivity contribution in [1.29, 1.82) is 0 Å². The quantitative estimate of drug-likeness (QED) is 0.677. The van der Waals surface area contributed by atoms with Crippen LogP contribution in [-0.2, 0) is 0 Å². The first-order valence-corrected chi connectivity index (χ1v) is 6.13. The van der Waals surface area contributed by atoms with Crippen molar-refractivity contribution >= 4 is 11.7 Å². The van der Waals surface area contributed by atoms with Crippen LogP contribution < -0.4 is 0 Å². The Morgan fingerprint density at radius 3 is 2.75 bits per heavy atom. The molecule has 0 saturated heterocycles. The smallest absolute Gasteiger partial charge is 0.343 e. The summed E-state index contributed by atoms with van der Waals surface area (Å²) in [6, 6.07) is -0.157. The van der Waals surface area contributed by atoms with Crippen LogP contribution in [0.5, 0.6) is 0 Å². The average Bonchev–Trinajstić information content (AvgIpc) is 2.56. The van der Waals surface area contributed by atoms with Crippen LogP contribution in [0.3, 0.4) is 0 Å². The van der Waals surface area contributed by atoms with Crippen LogP contribution in [-0.4, -0.2) is 41.4 Å². The fourth-order valence-corrected chi connectivity index (χ4v) is 1.84. The standard InChI is InChI=1S/C12H22N2O2/c1-3-4-5-6-11(15)8-7-10-9-14(2)12(16)13-10/h11,15H,3-9H2,1-2H3. The van der Waals surface area contributed by atoms with Crippen molar-refractivity contribution in [3.05, 3.63) is 0 Å². The Labute approximate surface area is 97.4 Å². The van der Waals surface area contributed by atoms with Crippen LogP contribution in [0.2, 0.25) is 0 Å². The van der Waals surface area contributed by atoms with E-state index in [4.69, 9.17) is 0 Å². The summed E-state index contributed by atoms with van der Waals surface area (Å²) < 4.78 is 0. The van der Waals surface area contributed by atoms with Crippen LogP contribution in [0.25, 0.3) is 0 Å². The van der Waals surface area contributed by atoms with Crippen molar-refractivity contribution in [3.8, 4) is 0 Å². The highest BCUT2D eigenvalue weighted by Crippen LogP contribution is 2.11. The zero-order valence-corrected chi connectivity index (χ0v) is 10.3. The molecule has 0 aliphatic carbocycles. The van der Waals surface area contributed by atoms with Crippen molar-refractivity contribution in [2.45, 2.75) is 51.6 Å². The van der Waals surface area contributed by atoms with Gasteiger partial charge in [-0.25, -0.2) is 9.79 Å². The summed E-state index contributed by atoms with van der Waals surface area (Å²) in [7, 11) is 1.75. The van der Waals surface area contributed by atoms with Gasteiger partial charge in [0, 0.05) is 12.8 Å². The lowest BCUT2D eigenvalue weighted by atomic mass is 10.0. The monoisotopic (exact) mass is 226 g/mol.